The zero-order valence-electron chi connectivity index (χ0n) is 9.19. The predicted molar refractivity (Wildman–Crippen MR) is 59.5 cm³/mol. The van der Waals surface area contributed by atoms with E-state index in [0.717, 1.165) is 11.1 Å². The molecule has 2 aromatic rings. The number of nitrogens with zero attached hydrogens (tertiary/aromatic N) is 2. The molecule has 1 atom stereocenters. The summed E-state index contributed by atoms with van der Waals surface area (Å²) < 4.78 is 5.28. The molecule has 0 fully saturated rings. The summed E-state index contributed by atoms with van der Waals surface area (Å²) in [6.07, 6.45) is 1.66. The fourth-order valence-electron chi connectivity index (χ4n) is 1.76. The maximum Gasteiger partial charge on any atom is 0.181 e. The van der Waals surface area contributed by atoms with Crippen molar-refractivity contribution in [2.24, 2.45) is 0 Å². The monoisotopic (exact) mass is 205 g/mol. The lowest BCUT2D eigenvalue weighted by Crippen LogP contribution is -2.30. The average Bonchev–Trinajstić information content (AvgIpc) is 2.65. The van der Waals surface area contributed by atoms with Crippen LogP contribution in [0.15, 0.2) is 29.0 Å². The molecule has 1 aromatic carbocycles. The van der Waals surface area contributed by atoms with Gasteiger partial charge in [0.1, 0.15) is 5.52 Å². The van der Waals surface area contributed by atoms with E-state index in [9.17, 15) is 0 Å². The summed E-state index contributed by atoms with van der Waals surface area (Å²) in [4.78, 5) is 6.20. The first-order chi connectivity index (χ1) is 7.22. The van der Waals surface area contributed by atoms with Crippen molar-refractivity contribution in [3.05, 3.63) is 30.2 Å². The highest BCUT2D eigenvalue weighted by Crippen LogP contribution is 2.20. The summed E-state index contributed by atoms with van der Waals surface area (Å²) >= 11 is 0. The third kappa shape index (κ3) is 1.86. The summed E-state index contributed by atoms with van der Waals surface area (Å²) in [6.45, 7) is 0. The van der Waals surface area contributed by atoms with Gasteiger partial charge >= 0.3 is 0 Å². The van der Waals surface area contributed by atoms with Crippen LogP contribution in [0, 0.1) is 0 Å². The Hall–Kier alpha value is -1.39. The number of oxazole rings is 1. The maximum atomic E-state index is 5.28. The normalized spacial score (nSPS) is 13.6. The Labute approximate surface area is 88.9 Å². The molecular formula is C11H15N3O. The van der Waals surface area contributed by atoms with Crippen LogP contribution in [0.3, 0.4) is 0 Å². The van der Waals surface area contributed by atoms with Gasteiger partial charge in [0.25, 0.3) is 0 Å². The average molecular weight is 205 g/mol. The smallest absolute Gasteiger partial charge is 0.181 e. The second-order valence-corrected chi connectivity index (χ2v) is 3.73. The first-order valence-corrected chi connectivity index (χ1v) is 4.89. The number of hydrogen-bond donors (Lipinski definition) is 1. The van der Waals surface area contributed by atoms with Crippen LogP contribution in [0.5, 0.6) is 0 Å². The van der Waals surface area contributed by atoms with Gasteiger partial charge in [0.15, 0.2) is 12.0 Å². The molecule has 4 nitrogen and oxygen atoms in total. The largest absolute Gasteiger partial charge is 0.443 e. The van der Waals surface area contributed by atoms with Crippen molar-refractivity contribution >= 4 is 11.1 Å². The molecule has 0 radical (unpaired) electrons. The van der Waals surface area contributed by atoms with Crippen molar-refractivity contribution in [1.29, 1.82) is 0 Å². The van der Waals surface area contributed by atoms with E-state index in [0.29, 0.717) is 0 Å². The number of aromatic nitrogens is 1. The van der Waals surface area contributed by atoms with Crippen molar-refractivity contribution in [3.8, 4) is 0 Å². The zero-order chi connectivity index (χ0) is 10.8. The van der Waals surface area contributed by atoms with Crippen molar-refractivity contribution in [2.45, 2.75) is 6.17 Å². The summed E-state index contributed by atoms with van der Waals surface area (Å²) in [5, 5.41) is 3.24. The minimum atomic E-state index is 0.194. The van der Waals surface area contributed by atoms with Gasteiger partial charge in [0, 0.05) is 0 Å². The van der Waals surface area contributed by atoms with Crippen LogP contribution in [0.2, 0.25) is 0 Å². The van der Waals surface area contributed by atoms with Crippen molar-refractivity contribution in [2.75, 3.05) is 21.1 Å². The molecule has 0 amide bonds. The highest BCUT2D eigenvalue weighted by molar-refractivity contribution is 5.72. The lowest BCUT2D eigenvalue weighted by Gasteiger charge is -2.23. The SMILES string of the molecule is CNC(c1ccc2ncoc2c1)N(C)C. The second kappa shape index (κ2) is 4.00. The van der Waals surface area contributed by atoms with Gasteiger partial charge in [-0.15, -0.1) is 0 Å². The Kier molecular flexibility index (Phi) is 2.70. The minimum absolute atomic E-state index is 0.194. The molecule has 0 bridgehead atoms. The Balaban J connectivity index is 2.41. The van der Waals surface area contributed by atoms with E-state index in [4.69, 9.17) is 4.42 Å². The second-order valence-electron chi connectivity index (χ2n) is 3.73. The van der Waals surface area contributed by atoms with Crippen LogP contribution in [0.1, 0.15) is 11.7 Å². The van der Waals surface area contributed by atoms with Gasteiger partial charge < -0.3 is 9.73 Å². The van der Waals surface area contributed by atoms with Crippen LogP contribution in [0.4, 0.5) is 0 Å². The molecule has 80 valence electrons. The van der Waals surface area contributed by atoms with Gasteiger partial charge in [-0.3, -0.25) is 4.90 Å². The van der Waals surface area contributed by atoms with E-state index in [1.807, 2.05) is 33.3 Å². The molecular weight excluding hydrogens is 190 g/mol. The highest BCUT2D eigenvalue weighted by atomic mass is 16.3. The number of hydrogen-bond acceptors (Lipinski definition) is 4. The standard InChI is InChI=1S/C11H15N3O/c1-12-11(14(2)3)8-4-5-9-10(6-8)15-7-13-9/h4-7,11-12H,1-3H3. The van der Waals surface area contributed by atoms with Crippen LogP contribution < -0.4 is 5.32 Å². The van der Waals surface area contributed by atoms with Crippen LogP contribution in [0.25, 0.3) is 11.1 Å². The number of fused-ring (bicyclic) bond motifs is 1. The number of rotatable bonds is 3. The molecule has 1 unspecified atom stereocenters. The summed E-state index contributed by atoms with van der Waals surface area (Å²) in [7, 11) is 6.01. The molecule has 0 saturated heterocycles. The van der Waals surface area contributed by atoms with E-state index in [2.05, 4.69) is 21.3 Å². The molecule has 1 N–H and O–H groups in total. The Morgan fingerprint density at radius 2 is 2.20 bits per heavy atom. The fourth-order valence-corrected chi connectivity index (χ4v) is 1.76. The van der Waals surface area contributed by atoms with Gasteiger partial charge in [-0.05, 0) is 38.8 Å². The minimum Gasteiger partial charge on any atom is -0.443 e. The molecule has 2 rings (SSSR count). The first kappa shape index (κ1) is 10.1. The van der Waals surface area contributed by atoms with Crippen LogP contribution >= 0.6 is 0 Å². The highest BCUT2D eigenvalue weighted by Gasteiger charge is 2.12. The molecule has 1 aromatic heterocycles. The Bertz CT molecular complexity index is 450. The predicted octanol–water partition coefficient (Wildman–Crippen LogP) is 1.61. The molecule has 1 heterocycles. The van der Waals surface area contributed by atoms with E-state index < -0.39 is 0 Å². The lowest BCUT2D eigenvalue weighted by atomic mass is 10.1. The molecule has 0 aliphatic carbocycles. The third-order valence-electron chi connectivity index (χ3n) is 2.46. The van der Waals surface area contributed by atoms with Gasteiger partial charge in [0.05, 0.1) is 6.17 Å². The van der Waals surface area contributed by atoms with Crippen molar-refractivity contribution < 1.29 is 4.42 Å². The van der Waals surface area contributed by atoms with Gasteiger partial charge in [-0.1, -0.05) is 6.07 Å². The number of nitrogens with one attached hydrogen (secondary N) is 1. The molecule has 0 saturated carbocycles. The van der Waals surface area contributed by atoms with E-state index in [1.165, 1.54) is 12.0 Å². The third-order valence-corrected chi connectivity index (χ3v) is 2.46. The molecule has 0 spiro atoms. The topological polar surface area (TPSA) is 41.3 Å². The van der Waals surface area contributed by atoms with E-state index >= 15 is 0 Å². The summed E-state index contributed by atoms with van der Waals surface area (Å²) in [6, 6.07) is 6.05. The molecule has 4 heteroatoms. The molecule has 15 heavy (non-hydrogen) atoms. The summed E-state index contributed by atoms with van der Waals surface area (Å²) in [5.74, 6) is 0. The van der Waals surface area contributed by atoms with Gasteiger partial charge in [-0.2, -0.15) is 0 Å². The molecule has 0 aliphatic rings. The van der Waals surface area contributed by atoms with E-state index in [-0.39, 0.29) is 6.17 Å². The lowest BCUT2D eigenvalue weighted by molar-refractivity contribution is 0.265. The Morgan fingerprint density at radius 3 is 2.87 bits per heavy atom. The van der Waals surface area contributed by atoms with Gasteiger partial charge in [-0.25, -0.2) is 4.98 Å². The maximum absolute atomic E-state index is 5.28. The summed E-state index contributed by atoms with van der Waals surface area (Å²) in [5.41, 5.74) is 2.90. The number of benzene rings is 1. The van der Waals surface area contributed by atoms with Gasteiger partial charge in [0.2, 0.25) is 0 Å². The van der Waals surface area contributed by atoms with Crippen molar-refractivity contribution in [1.82, 2.24) is 15.2 Å². The zero-order valence-corrected chi connectivity index (χ0v) is 9.19. The van der Waals surface area contributed by atoms with Crippen LogP contribution in [-0.2, 0) is 0 Å². The van der Waals surface area contributed by atoms with Crippen LogP contribution in [-0.4, -0.2) is 31.0 Å². The quantitative estimate of drug-likeness (QED) is 0.773. The van der Waals surface area contributed by atoms with E-state index in [1.54, 1.807) is 0 Å². The fraction of sp³-hybridized carbons (Fsp3) is 0.364. The first-order valence-electron chi connectivity index (χ1n) is 4.89. The van der Waals surface area contributed by atoms with Crippen molar-refractivity contribution in [3.63, 3.8) is 0 Å². The Morgan fingerprint density at radius 1 is 1.40 bits per heavy atom. The molecule has 0 aliphatic heterocycles.